The topological polar surface area (TPSA) is 51.7 Å². The Balaban J connectivity index is 1.18. The first-order valence-electron chi connectivity index (χ1n) is 15.0. The first-order chi connectivity index (χ1) is 20.8. The van der Waals surface area contributed by atoms with Gasteiger partial charge in [-0.15, -0.1) is 0 Å². The van der Waals surface area contributed by atoms with E-state index in [4.69, 9.17) is 0 Å². The first kappa shape index (κ1) is 30.9. The SMILES string of the molecule is O=C(CC[C@H]1CN(Cc2ccccn2)CC[C@H]1N1CCN(c2cccc(C(F)(F)F)c2)CC1)NCCc1ccccc1F. The maximum Gasteiger partial charge on any atom is 0.416 e. The number of halogens is 4. The molecular formula is C33H39F4N5O. The predicted octanol–water partition coefficient (Wildman–Crippen LogP) is 5.39. The van der Waals surface area contributed by atoms with E-state index in [0.717, 1.165) is 57.3 Å². The van der Waals surface area contributed by atoms with Gasteiger partial charge >= 0.3 is 6.18 Å². The third-order valence-electron chi connectivity index (χ3n) is 8.63. The average molecular weight is 598 g/mol. The van der Waals surface area contributed by atoms with E-state index in [2.05, 4.69) is 20.1 Å². The average Bonchev–Trinajstić information content (AvgIpc) is 3.01. The van der Waals surface area contributed by atoms with E-state index in [0.29, 0.717) is 43.7 Å². The van der Waals surface area contributed by atoms with E-state index in [9.17, 15) is 22.4 Å². The van der Waals surface area contributed by atoms with Crippen molar-refractivity contribution in [1.82, 2.24) is 20.1 Å². The number of carbonyl (C=O) groups excluding carboxylic acids is 1. The van der Waals surface area contributed by atoms with Gasteiger partial charge in [-0.3, -0.25) is 19.6 Å². The number of anilines is 1. The summed E-state index contributed by atoms with van der Waals surface area (Å²) in [4.78, 5) is 24.2. The highest BCUT2D eigenvalue weighted by molar-refractivity contribution is 5.75. The molecule has 0 bridgehead atoms. The lowest BCUT2D eigenvalue weighted by molar-refractivity contribution is -0.137. The van der Waals surface area contributed by atoms with Gasteiger partial charge in [-0.05, 0) is 67.1 Å². The number of alkyl halides is 3. The molecule has 1 aromatic heterocycles. The molecule has 2 atom stereocenters. The normalized spacial score (nSPS) is 20.2. The van der Waals surface area contributed by atoms with Crippen molar-refractivity contribution in [3.8, 4) is 0 Å². The monoisotopic (exact) mass is 597 g/mol. The number of aromatic nitrogens is 1. The van der Waals surface area contributed by atoms with E-state index < -0.39 is 11.7 Å². The van der Waals surface area contributed by atoms with Gasteiger partial charge in [0.05, 0.1) is 11.3 Å². The van der Waals surface area contributed by atoms with Crippen LogP contribution >= 0.6 is 0 Å². The zero-order valence-electron chi connectivity index (χ0n) is 24.3. The number of nitrogens with one attached hydrogen (secondary N) is 1. The third-order valence-corrected chi connectivity index (χ3v) is 8.63. The molecule has 5 rings (SSSR count). The van der Waals surface area contributed by atoms with Crippen LogP contribution in [0.3, 0.4) is 0 Å². The van der Waals surface area contributed by atoms with E-state index >= 15 is 0 Å². The summed E-state index contributed by atoms with van der Waals surface area (Å²) in [5.74, 6) is -0.0378. The van der Waals surface area contributed by atoms with Crippen molar-refractivity contribution in [3.05, 3.63) is 95.6 Å². The van der Waals surface area contributed by atoms with Gasteiger partial charge in [0.25, 0.3) is 0 Å². The van der Waals surface area contributed by atoms with E-state index in [1.807, 2.05) is 23.1 Å². The van der Waals surface area contributed by atoms with E-state index in [-0.39, 0.29) is 23.7 Å². The highest BCUT2D eigenvalue weighted by Gasteiger charge is 2.36. The van der Waals surface area contributed by atoms with E-state index in [1.54, 1.807) is 30.5 Å². The Morgan fingerprint density at radius 2 is 1.74 bits per heavy atom. The number of piperazine rings is 1. The second kappa shape index (κ2) is 14.3. The Hall–Kier alpha value is -3.50. The van der Waals surface area contributed by atoms with Crippen molar-refractivity contribution in [3.63, 3.8) is 0 Å². The lowest BCUT2D eigenvalue weighted by Gasteiger charge is -2.47. The van der Waals surface area contributed by atoms with Gasteiger partial charge in [0.15, 0.2) is 0 Å². The van der Waals surface area contributed by atoms with Crippen LogP contribution in [0.4, 0.5) is 23.2 Å². The number of likely N-dealkylation sites (tertiary alicyclic amines) is 1. The van der Waals surface area contributed by atoms with Gasteiger partial charge in [-0.1, -0.05) is 30.3 Å². The Morgan fingerprint density at radius 1 is 0.953 bits per heavy atom. The molecular weight excluding hydrogens is 558 g/mol. The molecule has 10 heteroatoms. The maximum absolute atomic E-state index is 13.9. The van der Waals surface area contributed by atoms with Crippen molar-refractivity contribution in [2.75, 3.05) is 50.7 Å². The molecule has 0 spiro atoms. The molecule has 0 radical (unpaired) electrons. The second-order valence-electron chi connectivity index (χ2n) is 11.5. The summed E-state index contributed by atoms with van der Waals surface area (Å²) >= 11 is 0. The number of nitrogens with zero attached hydrogens (tertiary/aromatic N) is 4. The van der Waals surface area contributed by atoms with Crippen molar-refractivity contribution < 1.29 is 22.4 Å². The number of benzene rings is 2. The second-order valence-corrected chi connectivity index (χ2v) is 11.5. The minimum Gasteiger partial charge on any atom is -0.369 e. The van der Waals surface area contributed by atoms with Gasteiger partial charge in [0.2, 0.25) is 5.91 Å². The minimum absolute atomic E-state index is 0.0358. The summed E-state index contributed by atoms with van der Waals surface area (Å²) in [6.07, 6.45) is -0.0509. The zero-order chi connectivity index (χ0) is 30.2. The van der Waals surface area contributed by atoms with Crippen LogP contribution in [-0.2, 0) is 23.9 Å². The van der Waals surface area contributed by atoms with Crippen LogP contribution in [0.5, 0.6) is 0 Å². The summed E-state index contributed by atoms with van der Waals surface area (Å²) in [5.41, 5.74) is 1.58. The van der Waals surface area contributed by atoms with Gasteiger partial charge in [-0.25, -0.2) is 4.39 Å². The Bertz CT molecular complexity index is 1330. The Labute approximate surface area is 250 Å². The lowest BCUT2D eigenvalue weighted by Crippen LogP contribution is -2.56. The number of carbonyl (C=O) groups is 1. The van der Waals surface area contributed by atoms with Crippen LogP contribution in [0, 0.1) is 11.7 Å². The summed E-state index contributed by atoms with van der Waals surface area (Å²) in [6, 6.07) is 18.4. The number of hydrogen-bond donors (Lipinski definition) is 1. The third kappa shape index (κ3) is 8.54. The summed E-state index contributed by atoms with van der Waals surface area (Å²) in [7, 11) is 0. The molecule has 2 fully saturated rings. The van der Waals surface area contributed by atoms with Gasteiger partial charge in [-0.2, -0.15) is 13.2 Å². The minimum atomic E-state index is -4.36. The summed E-state index contributed by atoms with van der Waals surface area (Å²) < 4.78 is 53.7. The smallest absolute Gasteiger partial charge is 0.369 e. The van der Waals surface area contributed by atoms with Crippen LogP contribution in [0.25, 0.3) is 0 Å². The highest BCUT2D eigenvalue weighted by Crippen LogP contribution is 2.33. The molecule has 2 aliphatic rings. The molecule has 2 aliphatic heterocycles. The molecule has 6 nitrogen and oxygen atoms in total. The Morgan fingerprint density at radius 3 is 2.49 bits per heavy atom. The van der Waals surface area contributed by atoms with Crippen molar-refractivity contribution in [2.45, 2.75) is 44.4 Å². The number of piperidine rings is 1. The molecule has 2 saturated heterocycles. The molecule has 230 valence electrons. The fourth-order valence-corrected chi connectivity index (χ4v) is 6.36. The number of amides is 1. The number of rotatable bonds is 10. The summed E-state index contributed by atoms with van der Waals surface area (Å²) in [5, 5.41) is 2.95. The fourth-order valence-electron chi connectivity index (χ4n) is 6.36. The van der Waals surface area contributed by atoms with Gasteiger partial charge in [0.1, 0.15) is 5.82 Å². The molecule has 2 aromatic carbocycles. The van der Waals surface area contributed by atoms with Crippen LogP contribution < -0.4 is 10.2 Å². The highest BCUT2D eigenvalue weighted by atomic mass is 19.4. The molecule has 3 heterocycles. The summed E-state index contributed by atoms with van der Waals surface area (Å²) in [6.45, 7) is 5.72. The molecule has 0 unspecified atom stereocenters. The van der Waals surface area contributed by atoms with Crippen LogP contribution in [0.15, 0.2) is 72.9 Å². The van der Waals surface area contributed by atoms with Crippen LogP contribution in [0.1, 0.15) is 36.1 Å². The molecule has 0 saturated carbocycles. The number of pyridine rings is 1. The molecule has 0 aliphatic carbocycles. The van der Waals surface area contributed by atoms with Crippen molar-refractivity contribution in [1.29, 1.82) is 0 Å². The molecule has 1 amide bonds. The largest absolute Gasteiger partial charge is 0.416 e. The van der Waals surface area contributed by atoms with Crippen molar-refractivity contribution in [2.24, 2.45) is 5.92 Å². The van der Waals surface area contributed by atoms with Crippen molar-refractivity contribution >= 4 is 11.6 Å². The lowest BCUT2D eigenvalue weighted by atomic mass is 9.86. The molecule has 43 heavy (non-hydrogen) atoms. The first-order valence-corrected chi connectivity index (χ1v) is 15.0. The maximum atomic E-state index is 13.9. The fraction of sp³-hybridized carbons (Fsp3) is 0.455. The van der Waals surface area contributed by atoms with Crippen LogP contribution in [-0.4, -0.2) is 72.5 Å². The van der Waals surface area contributed by atoms with E-state index in [1.165, 1.54) is 18.2 Å². The zero-order valence-corrected chi connectivity index (χ0v) is 24.3. The standard InChI is InChI=1S/C33H39F4N5O/c34-30-10-2-1-6-25(30)13-16-39-32(43)12-11-26-23-40(24-28-8-3-4-15-38-28)17-14-31(26)42-20-18-41(19-21-42)29-9-5-7-27(22-29)33(35,36)37/h1-10,15,22,26,31H,11-14,16-21,23-24H2,(H,39,43)/t26-,31+/m0/s1. The van der Waals surface area contributed by atoms with Crippen LogP contribution in [0.2, 0.25) is 0 Å². The number of hydrogen-bond acceptors (Lipinski definition) is 5. The quantitative estimate of drug-likeness (QED) is 0.318. The molecule has 3 aromatic rings. The van der Waals surface area contributed by atoms with Gasteiger partial charge < -0.3 is 10.2 Å². The molecule has 1 N–H and O–H groups in total. The predicted molar refractivity (Wildman–Crippen MR) is 159 cm³/mol. The van der Waals surface area contributed by atoms with Gasteiger partial charge in [0, 0.05) is 76.7 Å². The Kier molecular flexibility index (Phi) is 10.3.